The third kappa shape index (κ3) is 4.42. The largest absolute Gasteiger partial charge is 0.486 e. The lowest BCUT2D eigenvalue weighted by molar-refractivity contribution is -0.130. The van der Waals surface area contributed by atoms with E-state index in [2.05, 4.69) is 0 Å². The molecule has 0 bridgehead atoms. The third-order valence-corrected chi connectivity index (χ3v) is 6.15. The molecular formula is C19H21FN2O5S. The van der Waals surface area contributed by atoms with Gasteiger partial charge in [-0.25, -0.2) is 12.8 Å². The molecule has 28 heavy (non-hydrogen) atoms. The second-order valence-corrected chi connectivity index (χ2v) is 8.49. The number of hydrogen-bond donors (Lipinski definition) is 0. The van der Waals surface area contributed by atoms with Gasteiger partial charge in [-0.1, -0.05) is 6.07 Å². The van der Waals surface area contributed by atoms with E-state index in [1.807, 2.05) is 6.07 Å². The Kier molecular flexibility index (Phi) is 5.85. The highest BCUT2D eigenvalue weighted by Gasteiger charge is 2.24. The van der Waals surface area contributed by atoms with E-state index in [4.69, 9.17) is 9.47 Å². The maximum atomic E-state index is 13.0. The second kappa shape index (κ2) is 8.15. The number of benzene rings is 2. The van der Waals surface area contributed by atoms with Gasteiger partial charge < -0.3 is 14.4 Å². The molecule has 1 heterocycles. The molecule has 0 radical (unpaired) electrons. The van der Waals surface area contributed by atoms with Gasteiger partial charge in [-0.15, -0.1) is 0 Å². The molecule has 1 aliphatic rings. The molecule has 0 saturated carbocycles. The highest BCUT2D eigenvalue weighted by molar-refractivity contribution is 7.89. The number of ether oxygens (including phenoxy) is 2. The molecular weight excluding hydrogens is 387 g/mol. The van der Waals surface area contributed by atoms with Crippen molar-refractivity contribution in [3.8, 4) is 11.5 Å². The number of carbonyl (C=O) groups excluding carboxylic acids is 1. The number of rotatable bonds is 6. The van der Waals surface area contributed by atoms with Crippen LogP contribution in [0.25, 0.3) is 0 Å². The van der Waals surface area contributed by atoms with E-state index in [1.54, 1.807) is 19.2 Å². The number of nitrogens with zero attached hydrogens (tertiary/aromatic N) is 2. The fourth-order valence-corrected chi connectivity index (χ4v) is 3.85. The monoisotopic (exact) mass is 408 g/mol. The number of hydrogen-bond acceptors (Lipinski definition) is 5. The first-order valence-electron chi connectivity index (χ1n) is 8.62. The van der Waals surface area contributed by atoms with Gasteiger partial charge in [0.25, 0.3) is 0 Å². The quantitative estimate of drug-likeness (QED) is 0.730. The fourth-order valence-electron chi connectivity index (χ4n) is 2.73. The highest BCUT2D eigenvalue weighted by Crippen LogP contribution is 2.31. The minimum absolute atomic E-state index is 0.0707. The molecule has 150 valence electrons. The number of halogens is 1. The molecule has 0 N–H and O–H groups in total. The third-order valence-electron chi connectivity index (χ3n) is 4.33. The summed E-state index contributed by atoms with van der Waals surface area (Å²) in [6.07, 6.45) is 0. The molecule has 2 aromatic rings. The first kappa shape index (κ1) is 20.1. The molecule has 7 nitrogen and oxygen atoms in total. The number of likely N-dealkylation sites (N-methyl/N-ethyl adjacent to an activating group) is 2. The van der Waals surface area contributed by atoms with Crippen LogP contribution in [0.1, 0.15) is 5.56 Å². The van der Waals surface area contributed by atoms with E-state index in [9.17, 15) is 17.6 Å². The van der Waals surface area contributed by atoms with Crippen LogP contribution < -0.4 is 9.47 Å². The average molecular weight is 408 g/mol. The Morgan fingerprint density at radius 3 is 2.36 bits per heavy atom. The van der Waals surface area contributed by atoms with Crippen molar-refractivity contribution in [1.82, 2.24) is 9.21 Å². The zero-order valence-corrected chi connectivity index (χ0v) is 16.4. The van der Waals surface area contributed by atoms with E-state index in [0.29, 0.717) is 31.3 Å². The maximum absolute atomic E-state index is 13.0. The van der Waals surface area contributed by atoms with Crippen LogP contribution >= 0.6 is 0 Å². The second-order valence-electron chi connectivity index (χ2n) is 6.44. The zero-order valence-electron chi connectivity index (χ0n) is 15.6. The molecule has 2 aromatic carbocycles. The van der Waals surface area contributed by atoms with Crippen LogP contribution in [0.3, 0.4) is 0 Å². The summed E-state index contributed by atoms with van der Waals surface area (Å²) in [5, 5.41) is 0. The molecule has 0 unspecified atom stereocenters. The first-order valence-corrected chi connectivity index (χ1v) is 10.1. The summed E-state index contributed by atoms with van der Waals surface area (Å²) in [5.74, 6) is 0.384. The number of carbonyl (C=O) groups is 1. The number of amides is 1. The molecule has 1 aliphatic heterocycles. The van der Waals surface area contributed by atoms with Crippen LogP contribution in [0, 0.1) is 5.82 Å². The van der Waals surface area contributed by atoms with Gasteiger partial charge in [0.2, 0.25) is 15.9 Å². The Balaban J connectivity index is 1.64. The van der Waals surface area contributed by atoms with Crippen LogP contribution in [0.15, 0.2) is 47.4 Å². The van der Waals surface area contributed by atoms with Crippen LogP contribution in [0.5, 0.6) is 11.5 Å². The van der Waals surface area contributed by atoms with Gasteiger partial charge in [-0.05, 0) is 42.0 Å². The van der Waals surface area contributed by atoms with Gasteiger partial charge in [-0.3, -0.25) is 4.79 Å². The van der Waals surface area contributed by atoms with Crippen LogP contribution in [-0.2, 0) is 21.4 Å². The lowest BCUT2D eigenvalue weighted by Crippen LogP contribution is -2.39. The van der Waals surface area contributed by atoms with Crippen molar-refractivity contribution in [3.63, 3.8) is 0 Å². The fraction of sp³-hybridized carbons (Fsp3) is 0.316. The summed E-state index contributed by atoms with van der Waals surface area (Å²) < 4.78 is 50.0. The van der Waals surface area contributed by atoms with E-state index < -0.39 is 15.8 Å². The van der Waals surface area contributed by atoms with Crippen molar-refractivity contribution in [3.05, 3.63) is 53.8 Å². The predicted molar refractivity (Wildman–Crippen MR) is 100 cm³/mol. The van der Waals surface area contributed by atoms with Gasteiger partial charge in [0.15, 0.2) is 11.5 Å². The van der Waals surface area contributed by atoms with Crippen molar-refractivity contribution in [2.75, 3.05) is 33.9 Å². The standard InChI is InChI=1S/C19H21FN2O5S/c1-21(12-14-3-8-17-18(11-14)27-10-9-26-17)19(23)13-22(2)28(24,25)16-6-4-15(20)5-7-16/h3-8,11H,9-10,12-13H2,1-2H3. The van der Waals surface area contributed by atoms with E-state index in [-0.39, 0.29) is 17.3 Å². The van der Waals surface area contributed by atoms with Crippen LogP contribution in [0.4, 0.5) is 4.39 Å². The predicted octanol–water partition coefficient (Wildman–Crippen LogP) is 1.88. The van der Waals surface area contributed by atoms with Gasteiger partial charge in [0.1, 0.15) is 19.0 Å². The minimum Gasteiger partial charge on any atom is -0.486 e. The molecule has 0 aromatic heterocycles. The van der Waals surface area contributed by atoms with Crippen LogP contribution in [-0.4, -0.2) is 57.4 Å². The summed E-state index contributed by atoms with van der Waals surface area (Å²) in [5.41, 5.74) is 0.837. The SMILES string of the molecule is CN(Cc1ccc2c(c1)OCCO2)C(=O)CN(C)S(=O)(=O)c1ccc(F)cc1. The maximum Gasteiger partial charge on any atom is 0.243 e. The molecule has 3 rings (SSSR count). The summed E-state index contributed by atoms with van der Waals surface area (Å²) in [7, 11) is -0.978. The van der Waals surface area contributed by atoms with Gasteiger partial charge in [-0.2, -0.15) is 4.31 Å². The normalized spacial score (nSPS) is 13.4. The van der Waals surface area contributed by atoms with Gasteiger partial charge in [0.05, 0.1) is 11.4 Å². The summed E-state index contributed by atoms with van der Waals surface area (Å²) >= 11 is 0. The molecule has 0 atom stereocenters. The van der Waals surface area contributed by atoms with Crippen molar-refractivity contribution in [2.24, 2.45) is 0 Å². The average Bonchev–Trinajstić information content (AvgIpc) is 2.68. The lowest BCUT2D eigenvalue weighted by Gasteiger charge is -2.23. The van der Waals surface area contributed by atoms with E-state index in [1.165, 1.54) is 24.1 Å². The topological polar surface area (TPSA) is 76.2 Å². The first-order chi connectivity index (χ1) is 13.3. The molecule has 0 spiro atoms. The van der Waals surface area contributed by atoms with Crippen molar-refractivity contribution < 1.29 is 27.1 Å². The van der Waals surface area contributed by atoms with Crippen LogP contribution in [0.2, 0.25) is 0 Å². The molecule has 1 amide bonds. The summed E-state index contributed by atoms with van der Waals surface area (Å²) in [6, 6.07) is 9.89. The minimum atomic E-state index is -3.89. The smallest absolute Gasteiger partial charge is 0.243 e. The molecule has 0 aliphatic carbocycles. The Morgan fingerprint density at radius 1 is 1.04 bits per heavy atom. The van der Waals surface area contributed by atoms with Crippen molar-refractivity contribution >= 4 is 15.9 Å². The Hall–Kier alpha value is -2.65. The summed E-state index contributed by atoms with van der Waals surface area (Å²) in [6.45, 7) is 0.928. The lowest BCUT2D eigenvalue weighted by atomic mass is 10.2. The number of sulfonamides is 1. The van der Waals surface area contributed by atoms with Crippen molar-refractivity contribution in [2.45, 2.75) is 11.4 Å². The van der Waals surface area contributed by atoms with Crippen molar-refractivity contribution in [1.29, 1.82) is 0 Å². The molecule has 0 fully saturated rings. The zero-order chi connectivity index (χ0) is 20.3. The van der Waals surface area contributed by atoms with E-state index in [0.717, 1.165) is 22.0 Å². The number of fused-ring (bicyclic) bond motifs is 1. The van der Waals surface area contributed by atoms with Gasteiger partial charge in [0, 0.05) is 20.6 Å². The van der Waals surface area contributed by atoms with Gasteiger partial charge >= 0.3 is 0 Å². The molecule has 0 saturated heterocycles. The van der Waals surface area contributed by atoms with E-state index >= 15 is 0 Å². The highest BCUT2D eigenvalue weighted by atomic mass is 32.2. The molecule has 9 heteroatoms. The Bertz CT molecular complexity index is 963. The summed E-state index contributed by atoms with van der Waals surface area (Å²) in [4.78, 5) is 13.8. The Labute approximate surface area is 163 Å². The Morgan fingerprint density at radius 2 is 1.68 bits per heavy atom.